The van der Waals surface area contributed by atoms with Gasteiger partial charge in [0.2, 0.25) is 0 Å². The topological polar surface area (TPSA) is 112 Å². The summed E-state index contributed by atoms with van der Waals surface area (Å²) < 4.78 is 46.5. The standard InChI is InChI=1S/C25H22F3N7O2/c26-25(27,28)15-4-5-16(30-9-15)10-34(21-2-1-7-35-23(21)31-13-32-35)24(36)14-3-6-20-17(8-14)18-11-37-12-19(18)22(29)33-20/h3-6,8-9,13,21H,1-2,7,10-12H2,(H2,29,33)/t21-/m0/s1. The smallest absolute Gasteiger partial charge is 0.383 e. The third-order valence-electron chi connectivity index (χ3n) is 6.89. The van der Waals surface area contributed by atoms with E-state index in [0.717, 1.165) is 35.2 Å². The number of ether oxygens (including phenoxy) is 1. The van der Waals surface area contributed by atoms with E-state index in [1.807, 2.05) is 0 Å². The number of amides is 1. The summed E-state index contributed by atoms with van der Waals surface area (Å²) in [4.78, 5) is 28.4. The number of carbonyl (C=O) groups is 1. The number of aromatic nitrogens is 5. The number of hydrogen-bond donors (Lipinski definition) is 1. The molecule has 0 radical (unpaired) electrons. The fraction of sp³-hybridized carbons (Fsp3) is 0.320. The molecule has 0 saturated carbocycles. The first-order valence-corrected chi connectivity index (χ1v) is 11.8. The summed E-state index contributed by atoms with van der Waals surface area (Å²) >= 11 is 0. The summed E-state index contributed by atoms with van der Waals surface area (Å²) in [6.45, 7) is 1.43. The van der Waals surface area contributed by atoms with E-state index in [1.165, 1.54) is 12.4 Å². The van der Waals surface area contributed by atoms with Gasteiger partial charge in [-0.05, 0) is 48.7 Å². The van der Waals surface area contributed by atoms with Gasteiger partial charge in [0.05, 0.1) is 42.6 Å². The minimum absolute atomic E-state index is 0.00768. The Hall–Kier alpha value is -4.06. The Bertz CT molecular complexity index is 1500. The van der Waals surface area contributed by atoms with Crippen molar-refractivity contribution >= 4 is 22.6 Å². The second-order valence-electron chi connectivity index (χ2n) is 9.15. The Balaban J connectivity index is 1.40. The van der Waals surface area contributed by atoms with Gasteiger partial charge < -0.3 is 15.4 Å². The summed E-state index contributed by atoms with van der Waals surface area (Å²) in [6, 6.07) is 7.06. The molecule has 2 aliphatic heterocycles. The molecule has 1 amide bonds. The van der Waals surface area contributed by atoms with Crippen LogP contribution in [0.1, 0.15) is 57.5 Å². The van der Waals surface area contributed by atoms with Crippen LogP contribution in [0.4, 0.5) is 19.0 Å². The Kier molecular flexibility index (Phi) is 5.55. The third-order valence-corrected chi connectivity index (χ3v) is 6.89. The number of hydrogen-bond acceptors (Lipinski definition) is 7. The molecule has 0 unspecified atom stereocenters. The van der Waals surface area contributed by atoms with Crippen LogP contribution in [-0.4, -0.2) is 35.5 Å². The van der Waals surface area contributed by atoms with E-state index in [4.69, 9.17) is 10.5 Å². The lowest BCUT2D eigenvalue weighted by Crippen LogP contribution is -2.38. The van der Waals surface area contributed by atoms with Crippen molar-refractivity contribution < 1.29 is 22.7 Å². The summed E-state index contributed by atoms with van der Waals surface area (Å²) in [5, 5.41) is 5.03. The number of alkyl halides is 3. The highest BCUT2D eigenvalue weighted by atomic mass is 19.4. The maximum Gasteiger partial charge on any atom is 0.417 e. The second kappa shape index (κ2) is 8.80. The van der Waals surface area contributed by atoms with Gasteiger partial charge in [-0.1, -0.05) is 0 Å². The van der Waals surface area contributed by atoms with Crippen LogP contribution in [0.25, 0.3) is 10.9 Å². The zero-order valence-electron chi connectivity index (χ0n) is 19.6. The highest BCUT2D eigenvalue weighted by Gasteiger charge is 2.34. The van der Waals surface area contributed by atoms with Crippen LogP contribution in [0.2, 0.25) is 0 Å². The average Bonchev–Trinajstić information content (AvgIpc) is 3.57. The van der Waals surface area contributed by atoms with Crippen LogP contribution in [-0.2, 0) is 37.2 Å². The molecule has 0 saturated heterocycles. The Labute approximate surface area is 209 Å². The lowest BCUT2D eigenvalue weighted by molar-refractivity contribution is -0.137. The second-order valence-corrected chi connectivity index (χ2v) is 9.15. The molecule has 12 heteroatoms. The first-order valence-electron chi connectivity index (χ1n) is 11.8. The van der Waals surface area contributed by atoms with Crippen molar-refractivity contribution in [1.82, 2.24) is 29.6 Å². The van der Waals surface area contributed by atoms with Crippen LogP contribution in [0, 0.1) is 0 Å². The minimum atomic E-state index is -4.49. The Morgan fingerprint density at radius 1 is 1.16 bits per heavy atom. The molecule has 2 aliphatic rings. The molecule has 5 heterocycles. The monoisotopic (exact) mass is 509 g/mol. The number of aryl methyl sites for hydroxylation is 1. The number of nitrogens with zero attached hydrogens (tertiary/aromatic N) is 6. The molecule has 2 N–H and O–H groups in total. The van der Waals surface area contributed by atoms with E-state index in [2.05, 4.69) is 20.1 Å². The predicted molar refractivity (Wildman–Crippen MR) is 126 cm³/mol. The van der Waals surface area contributed by atoms with Crippen LogP contribution < -0.4 is 5.73 Å². The first-order chi connectivity index (χ1) is 17.8. The maximum absolute atomic E-state index is 14.0. The molecule has 0 bridgehead atoms. The van der Waals surface area contributed by atoms with Gasteiger partial charge in [0.15, 0.2) is 0 Å². The third kappa shape index (κ3) is 4.16. The van der Waals surface area contributed by atoms with Gasteiger partial charge in [-0.25, -0.2) is 14.6 Å². The molecular formula is C25H22F3N7O2. The van der Waals surface area contributed by atoms with Crippen LogP contribution >= 0.6 is 0 Å². The molecule has 3 aromatic heterocycles. The Morgan fingerprint density at radius 3 is 2.78 bits per heavy atom. The lowest BCUT2D eigenvalue weighted by Gasteiger charge is -2.34. The normalized spacial score (nSPS) is 17.0. The fourth-order valence-electron chi connectivity index (χ4n) is 5.02. The van der Waals surface area contributed by atoms with E-state index in [9.17, 15) is 18.0 Å². The van der Waals surface area contributed by atoms with Crippen LogP contribution in [0.3, 0.4) is 0 Å². The molecule has 0 spiro atoms. The number of nitrogens with two attached hydrogens (primary N) is 1. The fourth-order valence-corrected chi connectivity index (χ4v) is 5.02. The zero-order chi connectivity index (χ0) is 25.7. The minimum Gasteiger partial charge on any atom is -0.383 e. The quantitative estimate of drug-likeness (QED) is 0.442. The van der Waals surface area contributed by atoms with Gasteiger partial charge in [0.1, 0.15) is 18.0 Å². The molecule has 6 rings (SSSR count). The number of benzene rings is 1. The predicted octanol–water partition coefficient (Wildman–Crippen LogP) is 4.03. The maximum atomic E-state index is 14.0. The van der Waals surface area contributed by atoms with E-state index >= 15 is 0 Å². The number of halogens is 3. The van der Waals surface area contributed by atoms with Gasteiger partial charge in [-0.15, -0.1) is 0 Å². The SMILES string of the molecule is Nc1nc2ccc(C(=O)N(Cc3ccc(C(F)(F)F)cn3)[C@H]3CCCn4ncnc43)cc2c2c1COC2. The summed E-state index contributed by atoms with van der Waals surface area (Å²) in [7, 11) is 0. The number of carbonyl (C=O) groups excluding carboxylic acids is 1. The van der Waals surface area contributed by atoms with Crippen molar-refractivity contribution in [3.8, 4) is 0 Å². The van der Waals surface area contributed by atoms with E-state index < -0.39 is 17.8 Å². The molecule has 190 valence electrons. The molecule has 4 aromatic rings. The largest absolute Gasteiger partial charge is 0.417 e. The number of anilines is 1. The van der Waals surface area contributed by atoms with Gasteiger partial charge in [0.25, 0.3) is 5.91 Å². The lowest BCUT2D eigenvalue weighted by atomic mass is 10.00. The van der Waals surface area contributed by atoms with Crippen LogP contribution in [0.5, 0.6) is 0 Å². The van der Waals surface area contributed by atoms with Crippen molar-refractivity contribution in [3.05, 3.63) is 76.6 Å². The Morgan fingerprint density at radius 2 is 2.00 bits per heavy atom. The average molecular weight is 509 g/mol. The van der Waals surface area contributed by atoms with Crippen molar-refractivity contribution in [2.24, 2.45) is 0 Å². The van der Waals surface area contributed by atoms with E-state index in [0.29, 0.717) is 54.6 Å². The number of rotatable bonds is 4. The molecule has 0 fully saturated rings. The van der Waals surface area contributed by atoms with Crippen LogP contribution in [0.15, 0.2) is 42.9 Å². The number of nitrogen functional groups attached to an aromatic ring is 1. The van der Waals surface area contributed by atoms with Crippen molar-refractivity contribution in [2.75, 3.05) is 5.73 Å². The van der Waals surface area contributed by atoms with Crippen molar-refractivity contribution in [2.45, 2.75) is 51.4 Å². The van der Waals surface area contributed by atoms with E-state index in [-0.39, 0.29) is 12.5 Å². The van der Waals surface area contributed by atoms with Gasteiger partial charge in [0, 0.05) is 29.3 Å². The molecule has 1 atom stereocenters. The zero-order valence-corrected chi connectivity index (χ0v) is 19.6. The summed E-state index contributed by atoms with van der Waals surface area (Å²) in [6.07, 6.45) is -0.844. The molecular weight excluding hydrogens is 487 g/mol. The highest BCUT2D eigenvalue weighted by molar-refractivity contribution is 5.99. The van der Waals surface area contributed by atoms with E-state index in [1.54, 1.807) is 27.8 Å². The highest BCUT2D eigenvalue weighted by Crippen LogP contribution is 2.35. The molecule has 37 heavy (non-hydrogen) atoms. The first kappa shape index (κ1) is 23.3. The van der Waals surface area contributed by atoms with Gasteiger partial charge in [-0.3, -0.25) is 9.78 Å². The van der Waals surface area contributed by atoms with Crippen molar-refractivity contribution in [1.29, 1.82) is 0 Å². The molecule has 1 aromatic carbocycles. The molecule has 9 nitrogen and oxygen atoms in total. The van der Waals surface area contributed by atoms with Gasteiger partial charge in [-0.2, -0.15) is 18.3 Å². The van der Waals surface area contributed by atoms with Crippen molar-refractivity contribution in [3.63, 3.8) is 0 Å². The summed E-state index contributed by atoms with van der Waals surface area (Å²) in [5.41, 5.74) is 8.38. The number of pyridine rings is 2. The van der Waals surface area contributed by atoms with Gasteiger partial charge >= 0.3 is 6.18 Å². The molecule has 0 aliphatic carbocycles. The number of fused-ring (bicyclic) bond motifs is 4. The summed E-state index contributed by atoms with van der Waals surface area (Å²) in [5.74, 6) is 0.751.